The van der Waals surface area contributed by atoms with Crippen molar-refractivity contribution in [3.05, 3.63) is 123 Å². The highest BCUT2D eigenvalue weighted by Gasteiger charge is 2.45. The van der Waals surface area contributed by atoms with E-state index in [0.29, 0.717) is 46.0 Å². The van der Waals surface area contributed by atoms with E-state index in [4.69, 9.17) is 4.74 Å². The fourth-order valence-corrected chi connectivity index (χ4v) is 9.05. The first-order chi connectivity index (χ1) is 25.6. The SMILES string of the molecule is Cc1cnc(N2CC3(CCOCC3)C2)c(C(=O)Nc2ccc(C(=O)N3CCc4c(sc(C(=O)Nc5c(C)cccc5F)c4C)-c4ccccc43)cc2)c1. The molecule has 2 N–H and O–H groups in total. The summed E-state index contributed by atoms with van der Waals surface area (Å²) in [4.78, 5) is 51.3. The second-order valence-corrected chi connectivity index (χ2v) is 15.4. The van der Waals surface area contributed by atoms with E-state index in [-0.39, 0.29) is 28.8 Å². The molecular formula is C42H40FN5O4S. The third-order valence-electron chi connectivity index (χ3n) is 10.8. The van der Waals surface area contributed by atoms with Gasteiger partial charge in [-0.3, -0.25) is 14.4 Å². The van der Waals surface area contributed by atoms with Crippen LogP contribution in [0.15, 0.2) is 79.0 Å². The molecule has 5 aromatic rings. The van der Waals surface area contributed by atoms with Gasteiger partial charge in [0.25, 0.3) is 17.7 Å². The standard InChI is InChI=1S/C42H40FN5O4S/c1-25-21-32(38(44-22-25)47-23-42(24-47)16-19-52-20-17-42)39(49)45-29-13-11-28(12-14-29)41(51)48-18-15-30-27(3)36(53-37(30)31-8-4-5-10-34(31)48)40(50)46-35-26(2)7-6-9-33(35)43/h4-14,21-22H,15-20,23-24H2,1-3H3,(H,45,49)(H,46,50). The number of anilines is 4. The first kappa shape index (κ1) is 34.7. The van der Waals surface area contributed by atoms with E-state index in [0.717, 1.165) is 72.0 Å². The van der Waals surface area contributed by atoms with Gasteiger partial charge in [-0.1, -0.05) is 30.3 Å². The van der Waals surface area contributed by atoms with Crippen LogP contribution in [0.2, 0.25) is 0 Å². The van der Waals surface area contributed by atoms with Crippen molar-refractivity contribution >= 4 is 51.9 Å². The van der Waals surface area contributed by atoms with Crippen LogP contribution in [0.1, 0.15) is 65.5 Å². The Bertz CT molecular complexity index is 2230. The number of hydrogen-bond donors (Lipinski definition) is 2. The number of nitrogens with zero attached hydrogens (tertiary/aromatic N) is 3. The number of aryl methyl sites for hydroxylation is 2. The van der Waals surface area contributed by atoms with E-state index in [2.05, 4.69) is 20.5 Å². The molecule has 270 valence electrons. The highest BCUT2D eigenvalue weighted by atomic mass is 32.1. The zero-order valence-electron chi connectivity index (χ0n) is 29.9. The predicted octanol–water partition coefficient (Wildman–Crippen LogP) is 8.20. The van der Waals surface area contributed by atoms with Gasteiger partial charge in [-0.2, -0.15) is 0 Å². The van der Waals surface area contributed by atoms with E-state index in [1.54, 1.807) is 54.4 Å². The molecule has 9 nitrogen and oxygen atoms in total. The summed E-state index contributed by atoms with van der Waals surface area (Å²) >= 11 is 1.36. The van der Waals surface area contributed by atoms with Crippen molar-refractivity contribution in [2.75, 3.05) is 53.3 Å². The van der Waals surface area contributed by atoms with E-state index < -0.39 is 5.82 Å². The zero-order valence-corrected chi connectivity index (χ0v) is 30.7. The lowest BCUT2D eigenvalue weighted by Gasteiger charge is -2.53. The molecule has 2 aromatic heterocycles. The molecule has 3 aromatic carbocycles. The van der Waals surface area contributed by atoms with Crippen molar-refractivity contribution in [1.29, 1.82) is 0 Å². The van der Waals surface area contributed by atoms with Gasteiger partial charge in [0.15, 0.2) is 0 Å². The lowest BCUT2D eigenvalue weighted by Crippen LogP contribution is -2.59. The molecule has 5 heterocycles. The van der Waals surface area contributed by atoms with Gasteiger partial charge in [0.2, 0.25) is 0 Å². The van der Waals surface area contributed by atoms with Crippen molar-refractivity contribution in [3.8, 4) is 10.4 Å². The Labute approximate surface area is 311 Å². The van der Waals surface area contributed by atoms with Crippen molar-refractivity contribution < 1.29 is 23.5 Å². The van der Waals surface area contributed by atoms with Gasteiger partial charge in [0.05, 0.1) is 21.8 Å². The number of carbonyl (C=O) groups is 3. The fraction of sp³-hybridized carbons (Fsp3) is 0.286. The topological polar surface area (TPSA) is 104 Å². The van der Waals surface area contributed by atoms with E-state index >= 15 is 0 Å². The van der Waals surface area contributed by atoms with Crippen LogP contribution in [0.5, 0.6) is 0 Å². The molecule has 0 atom stereocenters. The number of halogens is 1. The highest BCUT2D eigenvalue weighted by molar-refractivity contribution is 7.18. The zero-order chi connectivity index (χ0) is 36.9. The Kier molecular flexibility index (Phi) is 9.08. The summed E-state index contributed by atoms with van der Waals surface area (Å²) in [5, 5.41) is 5.80. The minimum Gasteiger partial charge on any atom is -0.381 e. The Morgan fingerprint density at radius 3 is 2.42 bits per heavy atom. The Morgan fingerprint density at radius 1 is 0.906 bits per heavy atom. The van der Waals surface area contributed by atoms with E-state index in [9.17, 15) is 18.8 Å². The molecule has 53 heavy (non-hydrogen) atoms. The second kappa shape index (κ2) is 13.9. The quantitative estimate of drug-likeness (QED) is 0.183. The van der Waals surface area contributed by atoms with Crippen molar-refractivity contribution in [1.82, 2.24) is 4.98 Å². The van der Waals surface area contributed by atoms with Crippen LogP contribution in [0, 0.1) is 32.0 Å². The number of thiophene rings is 1. The molecule has 8 rings (SSSR count). The van der Waals surface area contributed by atoms with Crippen molar-refractivity contribution in [3.63, 3.8) is 0 Å². The molecule has 3 amide bonds. The molecule has 0 unspecified atom stereocenters. The number of rotatable bonds is 6. The summed E-state index contributed by atoms with van der Waals surface area (Å²) in [6.07, 6.45) is 4.39. The summed E-state index contributed by atoms with van der Waals surface area (Å²) in [6, 6.07) is 21.3. The normalized spacial score (nSPS) is 15.9. The Morgan fingerprint density at radius 2 is 1.66 bits per heavy atom. The lowest BCUT2D eigenvalue weighted by molar-refractivity contribution is -0.000511. The maximum Gasteiger partial charge on any atom is 0.266 e. The molecule has 0 saturated carbocycles. The largest absolute Gasteiger partial charge is 0.381 e. The fourth-order valence-electron chi connectivity index (χ4n) is 7.76. The van der Waals surface area contributed by atoms with Crippen LogP contribution < -0.4 is 20.4 Å². The number of fused-ring (bicyclic) bond motifs is 3. The summed E-state index contributed by atoms with van der Waals surface area (Å²) in [5.41, 5.74) is 6.99. The summed E-state index contributed by atoms with van der Waals surface area (Å²) in [5.74, 6) is -0.560. The van der Waals surface area contributed by atoms with Crippen LogP contribution in [0.25, 0.3) is 10.4 Å². The average molecular weight is 730 g/mol. The molecule has 0 aliphatic carbocycles. The summed E-state index contributed by atoms with van der Waals surface area (Å²) < 4.78 is 20.1. The van der Waals surface area contributed by atoms with Crippen molar-refractivity contribution in [2.24, 2.45) is 5.41 Å². The van der Waals surface area contributed by atoms with Gasteiger partial charge in [-0.15, -0.1) is 11.3 Å². The van der Waals surface area contributed by atoms with Crippen LogP contribution in [-0.2, 0) is 11.2 Å². The second-order valence-electron chi connectivity index (χ2n) is 14.4. The molecule has 3 aliphatic rings. The number of carbonyl (C=O) groups excluding carboxylic acids is 3. The Hall–Kier alpha value is -5.39. The molecule has 0 radical (unpaired) electrons. The molecule has 1 spiro atoms. The number of nitrogens with one attached hydrogen (secondary N) is 2. The molecule has 2 saturated heterocycles. The predicted molar refractivity (Wildman–Crippen MR) is 207 cm³/mol. The minimum absolute atomic E-state index is 0.166. The highest BCUT2D eigenvalue weighted by Crippen LogP contribution is 2.45. The third-order valence-corrected chi connectivity index (χ3v) is 12.1. The Balaban J connectivity index is 0.991. The van der Waals surface area contributed by atoms with Gasteiger partial charge in [-0.25, -0.2) is 9.37 Å². The third kappa shape index (κ3) is 6.48. The van der Waals surface area contributed by atoms with Gasteiger partial charge >= 0.3 is 0 Å². The number of hydrogen-bond acceptors (Lipinski definition) is 7. The van der Waals surface area contributed by atoms with Crippen LogP contribution >= 0.6 is 11.3 Å². The molecule has 0 bridgehead atoms. The number of aromatic nitrogens is 1. The molecule has 11 heteroatoms. The van der Waals surface area contributed by atoms with Gasteiger partial charge in [0.1, 0.15) is 11.6 Å². The van der Waals surface area contributed by atoms with Gasteiger partial charge < -0.3 is 25.2 Å². The van der Waals surface area contributed by atoms with E-state index in [1.807, 2.05) is 44.2 Å². The van der Waals surface area contributed by atoms with Gasteiger partial charge in [-0.05, 0) is 105 Å². The maximum absolute atomic E-state index is 14.6. The number of amides is 3. The first-order valence-corrected chi connectivity index (χ1v) is 18.7. The number of para-hydroxylation sites is 2. The van der Waals surface area contributed by atoms with Gasteiger partial charge in [0, 0.05) is 66.2 Å². The summed E-state index contributed by atoms with van der Waals surface area (Å²) in [7, 11) is 0. The molecular weight excluding hydrogens is 690 g/mol. The smallest absolute Gasteiger partial charge is 0.266 e. The van der Waals surface area contributed by atoms with Crippen LogP contribution in [0.4, 0.5) is 27.3 Å². The van der Waals surface area contributed by atoms with Crippen LogP contribution in [0.3, 0.4) is 0 Å². The summed E-state index contributed by atoms with van der Waals surface area (Å²) in [6.45, 7) is 9.28. The van der Waals surface area contributed by atoms with E-state index in [1.165, 1.54) is 17.4 Å². The molecule has 2 fully saturated rings. The molecule has 3 aliphatic heterocycles. The first-order valence-electron chi connectivity index (χ1n) is 17.9. The maximum atomic E-state index is 14.6. The van der Waals surface area contributed by atoms with Crippen LogP contribution in [-0.4, -0.2) is 55.6 Å². The number of pyridine rings is 1. The number of ether oxygens (including phenoxy) is 1. The average Bonchev–Trinajstić information content (AvgIpc) is 3.38. The number of benzene rings is 3. The van der Waals surface area contributed by atoms with Crippen molar-refractivity contribution in [2.45, 2.75) is 40.0 Å². The lowest BCUT2D eigenvalue weighted by atomic mass is 9.73. The minimum atomic E-state index is -0.479. The monoisotopic (exact) mass is 729 g/mol.